The Morgan fingerprint density at radius 1 is 1.50 bits per heavy atom. The third kappa shape index (κ3) is 2.08. The quantitative estimate of drug-likeness (QED) is 0.723. The van der Waals surface area contributed by atoms with Gasteiger partial charge in [-0.15, -0.1) is 0 Å². The van der Waals surface area contributed by atoms with Crippen LogP contribution in [0.4, 0.5) is 0 Å². The second-order valence-corrected chi connectivity index (χ2v) is 4.47. The van der Waals surface area contributed by atoms with E-state index >= 15 is 0 Å². The van der Waals surface area contributed by atoms with Crippen LogP contribution in [-0.2, 0) is 4.79 Å². The van der Waals surface area contributed by atoms with Gasteiger partial charge in [0.05, 0.1) is 0 Å². The average Bonchev–Trinajstić information content (AvgIpc) is 2.65. The number of likely N-dealkylation sites (tertiary alicyclic amines) is 1. The van der Waals surface area contributed by atoms with Gasteiger partial charge in [-0.25, -0.2) is 0 Å². The molecule has 2 atom stereocenters. The maximum atomic E-state index is 11.5. The smallest absolute Gasteiger partial charge is 0.223 e. The van der Waals surface area contributed by atoms with Gasteiger partial charge in [-0.3, -0.25) is 4.79 Å². The Kier molecular flexibility index (Phi) is 2.94. The van der Waals surface area contributed by atoms with Gasteiger partial charge in [-0.1, -0.05) is 5.16 Å². The number of hydrogen-bond acceptors (Lipinski definition) is 4. The number of amides is 1. The molecule has 0 saturated carbocycles. The van der Waals surface area contributed by atoms with Gasteiger partial charge in [0.2, 0.25) is 11.8 Å². The lowest BCUT2D eigenvalue weighted by molar-refractivity contribution is -0.132. The largest absolute Gasteiger partial charge is 0.340 e. The summed E-state index contributed by atoms with van der Waals surface area (Å²) < 4.78 is 4.98. The zero-order valence-electron chi connectivity index (χ0n) is 9.93. The van der Waals surface area contributed by atoms with Gasteiger partial charge in [0.15, 0.2) is 5.82 Å². The number of aryl methyl sites for hydroxylation is 1. The van der Waals surface area contributed by atoms with Crippen LogP contribution in [0.2, 0.25) is 0 Å². The molecular weight excluding hydrogens is 206 g/mol. The van der Waals surface area contributed by atoms with Crippen molar-refractivity contribution in [2.45, 2.75) is 45.6 Å². The van der Waals surface area contributed by atoms with Crippen molar-refractivity contribution in [2.75, 3.05) is 6.54 Å². The van der Waals surface area contributed by atoms with E-state index in [1.807, 2.05) is 4.90 Å². The molecule has 0 bridgehead atoms. The molecule has 5 nitrogen and oxygen atoms in total. The van der Waals surface area contributed by atoms with Crippen LogP contribution >= 0.6 is 0 Å². The first-order valence-electron chi connectivity index (χ1n) is 5.65. The number of rotatable bonds is 1. The summed E-state index contributed by atoms with van der Waals surface area (Å²) in [6.07, 6.45) is 2.02. The molecule has 88 valence electrons. The first kappa shape index (κ1) is 11.1. The van der Waals surface area contributed by atoms with E-state index in [-0.39, 0.29) is 11.8 Å². The van der Waals surface area contributed by atoms with Crippen LogP contribution < -0.4 is 0 Å². The molecule has 2 rings (SSSR count). The summed E-state index contributed by atoms with van der Waals surface area (Å²) in [6.45, 7) is 6.18. The number of aromatic nitrogens is 2. The van der Waals surface area contributed by atoms with E-state index < -0.39 is 0 Å². The number of piperidine rings is 1. The van der Waals surface area contributed by atoms with E-state index in [2.05, 4.69) is 17.1 Å². The molecule has 0 aromatic carbocycles. The molecular formula is C11H17N3O2. The predicted octanol–water partition coefficient (Wildman–Crippen LogP) is 1.49. The number of carbonyl (C=O) groups is 1. The van der Waals surface area contributed by atoms with Gasteiger partial charge in [0.1, 0.15) is 0 Å². The molecule has 16 heavy (non-hydrogen) atoms. The molecule has 1 fully saturated rings. The highest BCUT2D eigenvalue weighted by Crippen LogP contribution is 2.28. The number of nitrogens with zero attached hydrogens (tertiary/aromatic N) is 3. The molecule has 2 heterocycles. The van der Waals surface area contributed by atoms with Crippen LogP contribution in [0.5, 0.6) is 0 Å². The molecule has 0 aliphatic carbocycles. The number of hydrogen-bond donors (Lipinski definition) is 0. The van der Waals surface area contributed by atoms with E-state index in [1.165, 1.54) is 0 Å². The third-order valence-corrected chi connectivity index (χ3v) is 3.19. The van der Waals surface area contributed by atoms with Crippen molar-refractivity contribution in [2.24, 2.45) is 0 Å². The fraction of sp³-hybridized carbons (Fsp3) is 0.727. The van der Waals surface area contributed by atoms with Crippen molar-refractivity contribution < 1.29 is 9.32 Å². The highest BCUT2D eigenvalue weighted by molar-refractivity contribution is 5.73. The highest BCUT2D eigenvalue weighted by Gasteiger charge is 2.30. The minimum Gasteiger partial charge on any atom is -0.340 e. The van der Waals surface area contributed by atoms with Crippen molar-refractivity contribution in [3.05, 3.63) is 11.7 Å². The molecule has 1 aromatic rings. The van der Waals surface area contributed by atoms with E-state index in [9.17, 15) is 4.79 Å². The summed E-state index contributed by atoms with van der Waals surface area (Å²) >= 11 is 0. The monoisotopic (exact) mass is 223 g/mol. The standard InChI is InChI=1S/C11H17N3O2/c1-7-4-5-10(6-14(7)9(3)15)11-12-8(2)16-13-11/h7,10H,4-6H2,1-3H3/t7-,10+/m0/s1. The molecule has 1 aliphatic rings. The van der Waals surface area contributed by atoms with Crippen LogP contribution in [0.25, 0.3) is 0 Å². The second kappa shape index (κ2) is 4.23. The topological polar surface area (TPSA) is 59.2 Å². The minimum absolute atomic E-state index is 0.123. The Labute approximate surface area is 94.8 Å². The summed E-state index contributed by atoms with van der Waals surface area (Å²) in [4.78, 5) is 17.6. The molecule has 0 unspecified atom stereocenters. The Balaban J connectivity index is 2.11. The SMILES string of the molecule is CC(=O)N1C[C@H](c2noc(C)n2)CC[C@@H]1C. The first-order valence-corrected chi connectivity index (χ1v) is 5.65. The van der Waals surface area contributed by atoms with Crippen LogP contribution in [0.15, 0.2) is 4.52 Å². The Morgan fingerprint density at radius 2 is 2.25 bits per heavy atom. The Morgan fingerprint density at radius 3 is 2.81 bits per heavy atom. The predicted molar refractivity (Wildman–Crippen MR) is 57.9 cm³/mol. The van der Waals surface area contributed by atoms with Gasteiger partial charge in [-0.05, 0) is 19.8 Å². The van der Waals surface area contributed by atoms with Crippen molar-refractivity contribution in [3.8, 4) is 0 Å². The Hall–Kier alpha value is -1.39. The molecule has 1 aromatic heterocycles. The van der Waals surface area contributed by atoms with Crippen molar-refractivity contribution in [3.63, 3.8) is 0 Å². The summed E-state index contributed by atoms with van der Waals surface area (Å²) in [5.74, 6) is 1.66. The molecule has 0 N–H and O–H groups in total. The molecule has 0 spiro atoms. The fourth-order valence-corrected chi connectivity index (χ4v) is 2.24. The molecule has 1 amide bonds. The van der Waals surface area contributed by atoms with E-state index in [1.54, 1.807) is 13.8 Å². The van der Waals surface area contributed by atoms with Crippen LogP contribution in [-0.4, -0.2) is 33.5 Å². The van der Waals surface area contributed by atoms with E-state index in [0.29, 0.717) is 18.5 Å². The lowest BCUT2D eigenvalue weighted by Crippen LogP contribution is -2.43. The zero-order chi connectivity index (χ0) is 11.7. The first-order chi connectivity index (χ1) is 7.58. The van der Waals surface area contributed by atoms with Crippen molar-refractivity contribution in [1.82, 2.24) is 15.0 Å². The van der Waals surface area contributed by atoms with Crippen LogP contribution in [0.3, 0.4) is 0 Å². The summed E-state index contributed by atoms with van der Waals surface area (Å²) in [5, 5.41) is 3.93. The van der Waals surface area contributed by atoms with E-state index in [0.717, 1.165) is 18.7 Å². The maximum absolute atomic E-state index is 11.5. The Bertz CT molecular complexity index is 388. The molecule has 1 aliphatic heterocycles. The maximum Gasteiger partial charge on any atom is 0.223 e. The van der Waals surface area contributed by atoms with Gasteiger partial charge < -0.3 is 9.42 Å². The van der Waals surface area contributed by atoms with Crippen LogP contribution in [0, 0.1) is 6.92 Å². The molecule has 5 heteroatoms. The normalized spacial score (nSPS) is 25.8. The van der Waals surface area contributed by atoms with Crippen LogP contribution in [0.1, 0.15) is 44.3 Å². The molecule has 1 saturated heterocycles. The van der Waals surface area contributed by atoms with Crippen molar-refractivity contribution in [1.29, 1.82) is 0 Å². The van der Waals surface area contributed by atoms with Gasteiger partial charge in [-0.2, -0.15) is 4.98 Å². The third-order valence-electron chi connectivity index (χ3n) is 3.19. The fourth-order valence-electron chi connectivity index (χ4n) is 2.24. The highest BCUT2D eigenvalue weighted by atomic mass is 16.5. The van der Waals surface area contributed by atoms with E-state index in [4.69, 9.17) is 4.52 Å². The van der Waals surface area contributed by atoms with Gasteiger partial charge >= 0.3 is 0 Å². The lowest BCUT2D eigenvalue weighted by Gasteiger charge is -2.36. The number of carbonyl (C=O) groups excluding carboxylic acids is 1. The van der Waals surface area contributed by atoms with Gasteiger partial charge in [0.25, 0.3) is 0 Å². The lowest BCUT2D eigenvalue weighted by atomic mass is 9.93. The summed E-state index contributed by atoms with van der Waals surface area (Å²) in [5.41, 5.74) is 0. The second-order valence-electron chi connectivity index (χ2n) is 4.47. The summed E-state index contributed by atoms with van der Waals surface area (Å²) in [7, 11) is 0. The van der Waals surface area contributed by atoms with Gasteiger partial charge in [0, 0.05) is 32.4 Å². The average molecular weight is 223 g/mol. The van der Waals surface area contributed by atoms with Crippen molar-refractivity contribution >= 4 is 5.91 Å². The minimum atomic E-state index is 0.123. The summed E-state index contributed by atoms with van der Waals surface area (Å²) in [6, 6.07) is 0.321. The molecule has 0 radical (unpaired) electrons. The zero-order valence-corrected chi connectivity index (χ0v) is 9.93.